The minimum absolute atomic E-state index is 0.176. The molecule has 0 aliphatic rings. The fourth-order valence-corrected chi connectivity index (χ4v) is 2.13. The smallest absolute Gasteiger partial charge is 0.291 e. The summed E-state index contributed by atoms with van der Waals surface area (Å²) in [4.78, 5) is 13.9. The summed E-state index contributed by atoms with van der Waals surface area (Å²) in [5.74, 6) is -0.164. The van der Waals surface area contributed by atoms with Crippen molar-refractivity contribution in [3.63, 3.8) is 0 Å². The van der Waals surface area contributed by atoms with E-state index in [1.807, 2.05) is 37.2 Å². The van der Waals surface area contributed by atoms with E-state index >= 15 is 0 Å². The van der Waals surface area contributed by atoms with Crippen LogP contribution in [0.4, 0.5) is 11.4 Å². The van der Waals surface area contributed by atoms with Crippen molar-refractivity contribution in [2.45, 2.75) is 0 Å². The highest BCUT2D eigenvalue weighted by molar-refractivity contribution is 9.10. The van der Waals surface area contributed by atoms with Crippen LogP contribution in [0, 0.1) is 0 Å². The number of rotatable bonds is 3. The molecule has 1 heterocycles. The lowest BCUT2D eigenvalue weighted by atomic mass is 10.2. The average molecular weight is 344 g/mol. The van der Waals surface area contributed by atoms with Crippen LogP contribution < -0.4 is 10.2 Å². The van der Waals surface area contributed by atoms with E-state index in [0.29, 0.717) is 5.69 Å². The fraction of sp³-hybridized carbons (Fsp3) is 0.154. The van der Waals surface area contributed by atoms with Gasteiger partial charge in [-0.2, -0.15) is 0 Å². The van der Waals surface area contributed by atoms with Crippen LogP contribution in [-0.4, -0.2) is 20.0 Å². The predicted molar refractivity (Wildman–Crippen MR) is 80.1 cm³/mol. The Balaban J connectivity index is 2.27. The number of hydrogen-bond donors (Lipinski definition) is 1. The van der Waals surface area contributed by atoms with Crippen LogP contribution in [0.1, 0.15) is 10.6 Å². The van der Waals surface area contributed by atoms with E-state index in [0.717, 1.165) is 10.2 Å². The Bertz CT molecular complexity index is 610. The highest BCUT2D eigenvalue weighted by atomic mass is 79.9. The van der Waals surface area contributed by atoms with Gasteiger partial charge in [-0.3, -0.25) is 4.79 Å². The van der Waals surface area contributed by atoms with Gasteiger partial charge in [0.1, 0.15) is 0 Å². The second-order valence-electron chi connectivity index (χ2n) is 4.11. The number of hydrogen-bond acceptors (Lipinski definition) is 3. The van der Waals surface area contributed by atoms with E-state index < -0.39 is 0 Å². The van der Waals surface area contributed by atoms with Gasteiger partial charge in [-0.05, 0) is 41.9 Å². The molecule has 2 aromatic rings. The number of carbonyl (C=O) groups is 1. The van der Waals surface area contributed by atoms with Crippen molar-refractivity contribution in [1.29, 1.82) is 0 Å². The predicted octanol–water partition coefficient (Wildman–Crippen LogP) is 4.01. The summed E-state index contributed by atoms with van der Waals surface area (Å²) in [6, 6.07) is 8.72. The van der Waals surface area contributed by atoms with Gasteiger partial charge in [-0.1, -0.05) is 15.9 Å². The molecule has 1 amide bonds. The summed E-state index contributed by atoms with van der Waals surface area (Å²) in [6.07, 6.45) is 0. The molecule has 1 N–H and O–H groups in total. The van der Waals surface area contributed by atoms with Gasteiger partial charge >= 0.3 is 0 Å². The van der Waals surface area contributed by atoms with E-state index in [1.54, 1.807) is 0 Å². The van der Waals surface area contributed by atoms with Gasteiger partial charge < -0.3 is 14.6 Å². The molecule has 2 rings (SSSR count). The maximum absolute atomic E-state index is 12.0. The number of halogens is 2. The first-order chi connectivity index (χ1) is 8.97. The van der Waals surface area contributed by atoms with Gasteiger partial charge in [0.25, 0.3) is 5.91 Å². The van der Waals surface area contributed by atoms with Gasteiger partial charge in [0.15, 0.2) is 11.0 Å². The zero-order valence-corrected chi connectivity index (χ0v) is 12.7. The SMILES string of the molecule is CN(C)c1ccc(Br)cc1NC(=O)c1ccc(Cl)o1. The summed E-state index contributed by atoms with van der Waals surface area (Å²) < 4.78 is 5.96. The van der Waals surface area contributed by atoms with Crippen LogP contribution in [0.2, 0.25) is 5.22 Å². The van der Waals surface area contributed by atoms with Gasteiger partial charge in [-0.25, -0.2) is 0 Å². The molecule has 0 unspecified atom stereocenters. The Labute approximate surface area is 124 Å². The molecule has 100 valence electrons. The highest BCUT2D eigenvalue weighted by Crippen LogP contribution is 2.28. The van der Waals surface area contributed by atoms with E-state index in [4.69, 9.17) is 16.0 Å². The van der Waals surface area contributed by atoms with Crippen LogP contribution in [0.5, 0.6) is 0 Å². The van der Waals surface area contributed by atoms with Crippen LogP contribution in [-0.2, 0) is 0 Å². The van der Waals surface area contributed by atoms with Crippen molar-refractivity contribution in [2.24, 2.45) is 0 Å². The Morgan fingerprint density at radius 3 is 2.63 bits per heavy atom. The summed E-state index contributed by atoms with van der Waals surface area (Å²) in [5, 5.41) is 2.99. The minimum Gasteiger partial charge on any atom is -0.440 e. The van der Waals surface area contributed by atoms with Crippen molar-refractivity contribution in [2.75, 3.05) is 24.3 Å². The highest BCUT2D eigenvalue weighted by Gasteiger charge is 2.14. The summed E-state index contributed by atoms with van der Waals surface area (Å²) in [6.45, 7) is 0. The molecule has 0 saturated carbocycles. The number of amides is 1. The monoisotopic (exact) mass is 342 g/mol. The molecule has 0 fully saturated rings. The van der Waals surface area contributed by atoms with Crippen molar-refractivity contribution in [1.82, 2.24) is 0 Å². The molecule has 1 aromatic heterocycles. The molecule has 0 bridgehead atoms. The van der Waals surface area contributed by atoms with Crippen molar-refractivity contribution in [3.05, 3.63) is 45.8 Å². The van der Waals surface area contributed by atoms with E-state index in [1.165, 1.54) is 12.1 Å². The maximum Gasteiger partial charge on any atom is 0.291 e. The lowest BCUT2D eigenvalue weighted by Gasteiger charge is -2.17. The molecule has 0 radical (unpaired) electrons. The van der Waals surface area contributed by atoms with E-state index in [9.17, 15) is 4.79 Å². The molecule has 0 aliphatic heterocycles. The number of nitrogens with one attached hydrogen (secondary N) is 1. The largest absolute Gasteiger partial charge is 0.440 e. The molecule has 4 nitrogen and oxygen atoms in total. The van der Waals surface area contributed by atoms with Crippen molar-refractivity contribution >= 4 is 44.8 Å². The van der Waals surface area contributed by atoms with Gasteiger partial charge in [0, 0.05) is 18.6 Å². The Morgan fingerprint density at radius 2 is 2.05 bits per heavy atom. The third-order valence-corrected chi connectivity index (χ3v) is 3.18. The quantitative estimate of drug-likeness (QED) is 0.915. The molecule has 0 aliphatic carbocycles. The molecule has 0 spiro atoms. The zero-order chi connectivity index (χ0) is 14.0. The first-order valence-electron chi connectivity index (χ1n) is 5.51. The van der Waals surface area contributed by atoms with Gasteiger partial charge in [0.2, 0.25) is 0 Å². The molecule has 19 heavy (non-hydrogen) atoms. The maximum atomic E-state index is 12.0. The van der Waals surface area contributed by atoms with Gasteiger partial charge in [0.05, 0.1) is 11.4 Å². The first kappa shape index (κ1) is 14.0. The number of nitrogens with zero attached hydrogens (tertiary/aromatic N) is 1. The van der Waals surface area contributed by atoms with E-state index in [2.05, 4.69) is 21.2 Å². The molecular formula is C13H12BrClN2O2. The standard InChI is InChI=1S/C13H12BrClN2O2/c1-17(2)10-4-3-8(14)7-9(10)16-13(18)11-5-6-12(15)19-11/h3-7H,1-2H3,(H,16,18). The van der Waals surface area contributed by atoms with Crippen LogP contribution in [0.3, 0.4) is 0 Å². The van der Waals surface area contributed by atoms with E-state index in [-0.39, 0.29) is 16.9 Å². The molecule has 1 aromatic carbocycles. The van der Waals surface area contributed by atoms with Crippen LogP contribution in [0.25, 0.3) is 0 Å². The van der Waals surface area contributed by atoms with Crippen LogP contribution >= 0.6 is 27.5 Å². The Morgan fingerprint density at radius 1 is 1.32 bits per heavy atom. The zero-order valence-electron chi connectivity index (χ0n) is 10.4. The normalized spacial score (nSPS) is 10.3. The first-order valence-corrected chi connectivity index (χ1v) is 6.68. The molecule has 0 atom stereocenters. The number of furan rings is 1. The summed E-state index contributed by atoms with van der Waals surface area (Å²) >= 11 is 9.03. The lowest BCUT2D eigenvalue weighted by Crippen LogP contribution is -2.16. The Kier molecular flexibility index (Phi) is 4.17. The number of carbonyl (C=O) groups excluding carboxylic acids is 1. The van der Waals surface area contributed by atoms with Gasteiger partial charge in [-0.15, -0.1) is 0 Å². The second-order valence-corrected chi connectivity index (χ2v) is 5.40. The third kappa shape index (κ3) is 3.30. The summed E-state index contributed by atoms with van der Waals surface area (Å²) in [5.41, 5.74) is 1.59. The second kappa shape index (κ2) is 5.67. The Hall–Kier alpha value is -1.46. The lowest BCUT2D eigenvalue weighted by molar-refractivity contribution is 0.0997. The number of benzene rings is 1. The molecule has 0 saturated heterocycles. The molecule has 6 heteroatoms. The average Bonchev–Trinajstić information content (AvgIpc) is 2.75. The molecular weight excluding hydrogens is 332 g/mol. The number of anilines is 2. The van der Waals surface area contributed by atoms with Crippen molar-refractivity contribution in [3.8, 4) is 0 Å². The third-order valence-electron chi connectivity index (χ3n) is 2.49. The van der Waals surface area contributed by atoms with Crippen LogP contribution in [0.15, 0.2) is 39.2 Å². The fourth-order valence-electron chi connectivity index (χ4n) is 1.62. The topological polar surface area (TPSA) is 45.5 Å². The summed E-state index contributed by atoms with van der Waals surface area (Å²) in [7, 11) is 3.81. The van der Waals surface area contributed by atoms with Crippen molar-refractivity contribution < 1.29 is 9.21 Å². The minimum atomic E-state index is -0.340.